The lowest BCUT2D eigenvalue weighted by Gasteiger charge is -1.99. The highest BCUT2D eigenvalue weighted by molar-refractivity contribution is 7.20. The van der Waals surface area contributed by atoms with E-state index in [1.54, 1.807) is 17.4 Å². The molecular formula is C19H19N5OS2. The van der Waals surface area contributed by atoms with Crippen LogP contribution in [0.2, 0.25) is 0 Å². The average Bonchev–Trinajstić information content (AvgIpc) is 3.30. The van der Waals surface area contributed by atoms with Gasteiger partial charge in [-0.2, -0.15) is 4.52 Å². The molecule has 0 fully saturated rings. The van der Waals surface area contributed by atoms with Crippen LogP contribution in [0.3, 0.4) is 0 Å². The second-order valence-electron chi connectivity index (χ2n) is 6.12. The van der Waals surface area contributed by atoms with Gasteiger partial charge >= 0.3 is 0 Å². The number of nitrogens with zero attached hydrogens (tertiary/aromatic N) is 4. The van der Waals surface area contributed by atoms with Crippen LogP contribution in [0.5, 0.6) is 0 Å². The van der Waals surface area contributed by atoms with E-state index in [0.717, 1.165) is 41.2 Å². The zero-order chi connectivity index (χ0) is 18.6. The summed E-state index contributed by atoms with van der Waals surface area (Å²) in [5.74, 6) is 0. The van der Waals surface area contributed by atoms with Crippen LogP contribution < -0.4 is 10.9 Å². The van der Waals surface area contributed by atoms with E-state index < -0.39 is 0 Å². The van der Waals surface area contributed by atoms with Crippen LogP contribution in [-0.4, -0.2) is 26.1 Å². The van der Waals surface area contributed by atoms with Gasteiger partial charge in [0.1, 0.15) is 5.01 Å². The predicted octanol–water partition coefficient (Wildman–Crippen LogP) is 3.88. The quantitative estimate of drug-likeness (QED) is 0.512. The maximum Gasteiger partial charge on any atom is 0.275 e. The maximum atomic E-state index is 12.2. The molecule has 1 N–H and O–H groups in total. The Morgan fingerprint density at radius 1 is 1.11 bits per heavy atom. The lowest BCUT2D eigenvalue weighted by Crippen LogP contribution is -2.15. The molecule has 1 aromatic carbocycles. The van der Waals surface area contributed by atoms with Crippen LogP contribution >= 0.6 is 22.7 Å². The van der Waals surface area contributed by atoms with Gasteiger partial charge in [-0.15, -0.1) is 16.4 Å². The number of thiazole rings is 1. The summed E-state index contributed by atoms with van der Waals surface area (Å²) in [4.78, 5) is 22.0. The van der Waals surface area contributed by atoms with Crippen molar-refractivity contribution < 1.29 is 0 Å². The largest absolute Gasteiger partial charge is 0.360 e. The Kier molecular flexibility index (Phi) is 5.26. The van der Waals surface area contributed by atoms with E-state index in [9.17, 15) is 4.79 Å². The fourth-order valence-corrected chi connectivity index (χ4v) is 4.45. The molecule has 138 valence electrons. The lowest BCUT2D eigenvalue weighted by atomic mass is 10.2. The van der Waals surface area contributed by atoms with Crippen molar-refractivity contribution in [2.75, 3.05) is 11.9 Å². The highest BCUT2D eigenvalue weighted by Gasteiger charge is 2.09. The first-order chi connectivity index (χ1) is 13.2. The molecule has 0 atom stereocenters. The molecule has 6 nitrogen and oxygen atoms in total. The molecule has 0 amide bonds. The fourth-order valence-electron chi connectivity index (χ4n) is 2.74. The predicted molar refractivity (Wildman–Crippen MR) is 111 cm³/mol. The summed E-state index contributed by atoms with van der Waals surface area (Å²) < 4.78 is 1.36. The smallest absolute Gasteiger partial charge is 0.275 e. The van der Waals surface area contributed by atoms with Crippen molar-refractivity contribution in [2.45, 2.75) is 26.2 Å². The van der Waals surface area contributed by atoms with Gasteiger partial charge in [0.2, 0.25) is 10.1 Å². The molecule has 0 spiro atoms. The second-order valence-corrected chi connectivity index (χ2v) is 7.94. The van der Waals surface area contributed by atoms with Gasteiger partial charge in [-0.3, -0.25) is 4.79 Å². The Balaban J connectivity index is 1.41. The standard InChI is InChI=1S/C19H19N5OS2/c1-2-6-14-11-16(25)24-19(22-14)27-18(23-24)20-10-9-15-12-26-17(21-15)13-7-4-3-5-8-13/h3-5,7-8,11-12H,2,6,9-10H2,1H3,(H,20,23). The molecule has 4 aromatic rings. The van der Waals surface area contributed by atoms with Gasteiger partial charge in [0.15, 0.2) is 0 Å². The Morgan fingerprint density at radius 3 is 2.78 bits per heavy atom. The molecule has 27 heavy (non-hydrogen) atoms. The summed E-state index contributed by atoms with van der Waals surface area (Å²) in [5.41, 5.74) is 2.89. The molecule has 0 aliphatic rings. The summed E-state index contributed by atoms with van der Waals surface area (Å²) in [6.07, 6.45) is 2.56. The van der Waals surface area contributed by atoms with Crippen LogP contribution in [0.15, 0.2) is 46.6 Å². The Morgan fingerprint density at radius 2 is 1.96 bits per heavy atom. The van der Waals surface area contributed by atoms with Crippen molar-refractivity contribution in [3.05, 3.63) is 63.5 Å². The summed E-state index contributed by atoms with van der Waals surface area (Å²) in [7, 11) is 0. The number of hydrogen-bond donors (Lipinski definition) is 1. The Bertz CT molecular complexity index is 1100. The van der Waals surface area contributed by atoms with E-state index in [-0.39, 0.29) is 5.56 Å². The minimum Gasteiger partial charge on any atom is -0.360 e. The number of anilines is 1. The molecule has 0 saturated carbocycles. The summed E-state index contributed by atoms with van der Waals surface area (Å²) in [5, 5.41) is 11.4. The van der Waals surface area contributed by atoms with Crippen molar-refractivity contribution in [2.24, 2.45) is 0 Å². The molecule has 0 radical (unpaired) electrons. The molecule has 3 aromatic heterocycles. The molecule has 0 unspecified atom stereocenters. The van der Waals surface area contributed by atoms with E-state index in [1.807, 2.05) is 18.2 Å². The molecule has 3 heterocycles. The monoisotopic (exact) mass is 397 g/mol. The van der Waals surface area contributed by atoms with Crippen LogP contribution in [-0.2, 0) is 12.8 Å². The zero-order valence-electron chi connectivity index (χ0n) is 14.9. The van der Waals surface area contributed by atoms with Gasteiger partial charge in [-0.05, 0) is 6.42 Å². The number of benzene rings is 1. The van der Waals surface area contributed by atoms with Gasteiger partial charge < -0.3 is 5.32 Å². The topological polar surface area (TPSA) is 72.2 Å². The molecular weight excluding hydrogens is 378 g/mol. The number of nitrogens with one attached hydrogen (secondary N) is 1. The lowest BCUT2D eigenvalue weighted by molar-refractivity contribution is 0.838. The second kappa shape index (κ2) is 7.98. The van der Waals surface area contributed by atoms with E-state index in [0.29, 0.717) is 16.6 Å². The third kappa shape index (κ3) is 4.06. The number of rotatable bonds is 7. The van der Waals surface area contributed by atoms with E-state index in [1.165, 1.54) is 15.9 Å². The third-order valence-electron chi connectivity index (χ3n) is 4.03. The average molecular weight is 398 g/mol. The maximum absolute atomic E-state index is 12.2. The minimum absolute atomic E-state index is 0.125. The molecule has 4 rings (SSSR count). The van der Waals surface area contributed by atoms with Gasteiger partial charge in [0.25, 0.3) is 5.56 Å². The van der Waals surface area contributed by atoms with Crippen molar-refractivity contribution in [3.63, 3.8) is 0 Å². The van der Waals surface area contributed by atoms with E-state index in [4.69, 9.17) is 4.98 Å². The van der Waals surface area contributed by atoms with Crippen molar-refractivity contribution in [1.82, 2.24) is 19.6 Å². The highest BCUT2D eigenvalue weighted by Crippen LogP contribution is 2.23. The van der Waals surface area contributed by atoms with Gasteiger partial charge in [-0.25, -0.2) is 9.97 Å². The summed E-state index contributed by atoms with van der Waals surface area (Å²) in [6.45, 7) is 2.78. The highest BCUT2D eigenvalue weighted by atomic mass is 32.1. The summed E-state index contributed by atoms with van der Waals surface area (Å²) >= 11 is 3.05. The van der Waals surface area contributed by atoms with Gasteiger partial charge in [-0.1, -0.05) is 55.0 Å². The molecule has 0 bridgehead atoms. The van der Waals surface area contributed by atoms with E-state index >= 15 is 0 Å². The first-order valence-corrected chi connectivity index (χ1v) is 10.6. The first kappa shape index (κ1) is 17.8. The van der Waals surface area contributed by atoms with Crippen molar-refractivity contribution >= 4 is 32.8 Å². The Hall–Kier alpha value is -2.58. The normalized spacial score (nSPS) is 11.1. The minimum atomic E-state index is -0.125. The summed E-state index contributed by atoms with van der Waals surface area (Å²) in [6, 6.07) is 11.8. The van der Waals surface area contributed by atoms with Crippen LogP contribution in [0.1, 0.15) is 24.7 Å². The first-order valence-electron chi connectivity index (χ1n) is 8.86. The molecule has 8 heteroatoms. The third-order valence-corrected chi connectivity index (χ3v) is 5.84. The van der Waals surface area contributed by atoms with Crippen molar-refractivity contribution in [3.8, 4) is 10.6 Å². The van der Waals surface area contributed by atoms with Gasteiger partial charge in [0, 0.05) is 35.7 Å². The zero-order valence-corrected chi connectivity index (χ0v) is 16.5. The van der Waals surface area contributed by atoms with Crippen LogP contribution in [0.25, 0.3) is 15.5 Å². The number of fused-ring (bicyclic) bond motifs is 1. The Labute approximate surface area is 164 Å². The van der Waals surface area contributed by atoms with E-state index in [2.05, 4.69) is 39.8 Å². The van der Waals surface area contributed by atoms with Crippen molar-refractivity contribution in [1.29, 1.82) is 0 Å². The fraction of sp³-hybridized carbons (Fsp3) is 0.263. The molecule has 0 saturated heterocycles. The molecule has 0 aliphatic carbocycles. The number of aryl methyl sites for hydroxylation is 1. The SMILES string of the molecule is CCCc1cc(=O)n2nc(NCCc3csc(-c4ccccc4)n3)sc2n1. The number of aromatic nitrogens is 4. The van der Waals surface area contributed by atoms with Gasteiger partial charge in [0.05, 0.1) is 5.69 Å². The number of hydrogen-bond acceptors (Lipinski definition) is 7. The van der Waals surface area contributed by atoms with Crippen LogP contribution in [0, 0.1) is 0 Å². The molecule has 0 aliphatic heterocycles. The van der Waals surface area contributed by atoms with Crippen LogP contribution in [0.4, 0.5) is 5.13 Å².